The highest BCUT2D eigenvalue weighted by Gasteiger charge is 2.05. The van der Waals surface area contributed by atoms with E-state index < -0.39 is 0 Å². The van der Waals surface area contributed by atoms with Crippen LogP contribution >= 0.6 is 0 Å². The van der Waals surface area contributed by atoms with Crippen LogP contribution in [0, 0.1) is 0 Å². The molecule has 146 valence electrons. The molecule has 7 heteroatoms. The highest BCUT2D eigenvalue weighted by Crippen LogP contribution is 2.29. The highest BCUT2D eigenvalue weighted by atomic mass is 16.5. The van der Waals surface area contributed by atoms with Crippen LogP contribution in [-0.4, -0.2) is 43.1 Å². The fourth-order valence-electron chi connectivity index (χ4n) is 2.49. The maximum absolute atomic E-state index is 9.12. The largest absolute Gasteiger partial charge is 0.491 e. The summed E-state index contributed by atoms with van der Waals surface area (Å²) < 4.78 is 5.68. The van der Waals surface area contributed by atoms with E-state index in [1.54, 1.807) is 18.2 Å². The molecule has 0 aromatic heterocycles. The molecule has 0 bridgehead atoms. The zero-order chi connectivity index (χ0) is 19.5. The van der Waals surface area contributed by atoms with Crippen LogP contribution in [-0.2, 0) is 0 Å². The molecular weight excluding hydrogens is 344 g/mol. The second-order valence-electron chi connectivity index (χ2n) is 6.07. The maximum atomic E-state index is 9.12. The molecular formula is C20H28N4O3. The molecule has 0 aliphatic heterocycles. The first-order valence-electron chi connectivity index (χ1n) is 9.18. The third-order valence-electron chi connectivity index (χ3n) is 3.99. The summed E-state index contributed by atoms with van der Waals surface area (Å²) in [5, 5.41) is 26.7. The molecule has 7 nitrogen and oxygen atoms in total. The molecule has 0 saturated heterocycles. The third-order valence-corrected chi connectivity index (χ3v) is 3.99. The number of hydrogen-bond donors (Lipinski definition) is 3. The van der Waals surface area contributed by atoms with E-state index in [0.29, 0.717) is 42.5 Å². The lowest BCUT2D eigenvalue weighted by Crippen LogP contribution is -2.29. The molecule has 0 amide bonds. The number of nitrogens with zero attached hydrogens (tertiary/aromatic N) is 3. The minimum atomic E-state index is 0.0290. The molecule has 0 aliphatic carbocycles. The van der Waals surface area contributed by atoms with Crippen molar-refractivity contribution >= 4 is 22.7 Å². The van der Waals surface area contributed by atoms with Gasteiger partial charge in [-0.05, 0) is 42.8 Å². The van der Waals surface area contributed by atoms with Crippen molar-refractivity contribution < 1.29 is 14.9 Å². The van der Waals surface area contributed by atoms with Crippen molar-refractivity contribution in [3.63, 3.8) is 0 Å². The number of azo groups is 1. The van der Waals surface area contributed by atoms with Gasteiger partial charge in [-0.3, -0.25) is 0 Å². The van der Waals surface area contributed by atoms with Gasteiger partial charge in [-0.2, -0.15) is 10.2 Å². The molecule has 0 aliphatic rings. The van der Waals surface area contributed by atoms with E-state index in [0.717, 1.165) is 18.5 Å². The summed E-state index contributed by atoms with van der Waals surface area (Å²) >= 11 is 0. The molecule has 0 unspecified atom stereocenters. The number of nitrogen functional groups attached to an aromatic ring is 1. The Morgan fingerprint density at radius 2 is 1.59 bits per heavy atom. The van der Waals surface area contributed by atoms with Gasteiger partial charge in [-0.25, -0.2) is 0 Å². The number of anilines is 2. The molecule has 0 spiro atoms. The number of rotatable bonds is 11. The Morgan fingerprint density at radius 1 is 0.963 bits per heavy atom. The number of unbranched alkanes of at least 4 members (excludes halogenated alkanes) is 1. The van der Waals surface area contributed by atoms with Gasteiger partial charge in [0, 0.05) is 24.8 Å². The van der Waals surface area contributed by atoms with Crippen molar-refractivity contribution in [3.05, 3.63) is 42.5 Å². The van der Waals surface area contributed by atoms with Gasteiger partial charge in [-0.1, -0.05) is 13.3 Å². The molecule has 0 heterocycles. The Balaban J connectivity index is 2.05. The Labute approximate surface area is 160 Å². The van der Waals surface area contributed by atoms with E-state index in [2.05, 4.69) is 17.2 Å². The van der Waals surface area contributed by atoms with Gasteiger partial charge in [0.2, 0.25) is 0 Å². The normalized spacial score (nSPS) is 11.1. The fraction of sp³-hybridized carbons (Fsp3) is 0.400. The van der Waals surface area contributed by atoms with E-state index >= 15 is 0 Å². The van der Waals surface area contributed by atoms with Crippen LogP contribution in [0.1, 0.15) is 19.8 Å². The summed E-state index contributed by atoms with van der Waals surface area (Å²) in [5.41, 5.74) is 8.81. The van der Waals surface area contributed by atoms with Crippen molar-refractivity contribution in [2.75, 3.05) is 43.5 Å². The summed E-state index contributed by atoms with van der Waals surface area (Å²) in [6.45, 7) is 3.72. The molecule has 0 atom stereocenters. The van der Waals surface area contributed by atoms with Crippen LogP contribution in [0.15, 0.2) is 52.7 Å². The van der Waals surface area contributed by atoms with Crippen molar-refractivity contribution in [1.82, 2.24) is 0 Å². The van der Waals surface area contributed by atoms with Gasteiger partial charge < -0.3 is 25.6 Å². The average Bonchev–Trinajstić information content (AvgIpc) is 2.69. The molecule has 0 fully saturated rings. The van der Waals surface area contributed by atoms with Crippen LogP contribution in [0.5, 0.6) is 5.75 Å². The number of benzene rings is 2. The quantitative estimate of drug-likeness (QED) is 0.317. The van der Waals surface area contributed by atoms with Crippen LogP contribution in [0.4, 0.5) is 22.7 Å². The molecule has 27 heavy (non-hydrogen) atoms. The van der Waals surface area contributed by atoms with E-state index in [1.807, 2.05) is 29.2 Å². The topological polar surface area (TPSA) is 104 Å². The monoisotopic (exact) mass is 372 g/mol. The number of nitrogens with two attached hydrogens (primary N) is 1. The Morgan fingerprint density at radius 3 is 2.22 bits per heavy atom. The standard InChI is InChI=1S/C20H28N4O3/c1-2-3-14-27-20-15-17(6-9-19(20)21)23-22-16-4-7-18(8-5-16)24(10-12-25)11-13-26/h4-9,15,25-26H,2-3,10-14,21H2,1H3. The number of aliphatic hydroxyl groups is 2. The summed E-state index contributed by atoms with van der Waals surface area (Å²) in [6, 6.07) is 12.8. The Bertz CT molecular complexity index is 714. The maximum Gasteiger partial charge on any atom is 0.144 e. The number of ether oxygens (including phenoxy) is 1. The van der Waals surface area contributed by atoms with Crippen molar-refractivity contribution in [3.8, 4) is 5.75 Å². The zero-order valence-corrected chi connectivity index (χ0v) is 15.7. The van der Waals surface area contributed by atoms with Crippen LogP contribution in [0.3, 0.4) is 0 Å². The average molecular weight is 372 g/mol. The summed E-state index contributed by atoms with van der Waals surface area (Å²) in [7, 11) is 0. The minimum Gasteiger partial charge on any atom is -0.491 e. The lowest BCUT2D eigenvalue weighted by atomic mass is 10.2. The minimum absolute atomic E-state index is 0.0290. The lowest BCUT2D eigenvalue weighted by Gasteiger charge is -2.22. The molecule has 4 N–H and O–H groups in total. The second-order valence-corrected chi connectivity index (χ2v) is 6.07. The van der Waals surface area contributed by atoms with E-state index in [9.17, 15) is 0 Å². The number of hydrogen-bond acceptors (Lipinski definition) is 7. The Kier molecular flexibility index (Phi) is 8.54. The van der Waals surface area contributed by atoms with Gasteiger partial charge >= 0.3 is 0 Å². The van der Waals surface area contributed by atoms with Gasteiger partial charge in [0.05, 0.1) is 36.9 Å². The van der Waals surface area contributed by atoms with Crippen molar-refractivity contribution in [2.24, 2.45) is 10.2 Å². The van der Waals surface area contributed by atoms with Crippen LogP contribution in [0.25, 0.3) is 0 Å². The predicted octanol–water partition coefficient (Wildman–Crippen LogP) is 3.65. The van der Waals surface area contributed by atoms with Gasteiger partial charge in [0.15, 0.2) is 0 Å². The van der Waals surface area contributed by atoms with Gasteiger partial charge in [-0.15, -0.1) is 0 Å². The summed E-state index contributed by atoms with van der Waals surface area (Å²) in [6.07, 6.45) is 2.03. The molecule has 2 aromatic carbocycles. The van der Waals surface area contributed by atoms with Crippen LogP contribution < -0.4 is 15.4 Å². The zero-order valence-electron chi connectivity index (χ0n) is 15.7. The molecule has 2 aromatic rings. The summed E-state index contributed by atoms with van der Waals surface area (Å²) in [5.74, 6) is 0.624. The molecule has 0 radical (unpaired) electrons. The first kappa shape index (κ1) is 20.7. The Hall–Kier alpha value is -2.64. The van der Waals surface area contributed by atoms with Gasteiger partial charge in [0.1, 0.15) is 5.75 Å². The second kappa shape index (κ2) is 11.2. The smallest absolute Gasteiger partial charge is 0.144 e. The summed E-state index contributed by atoms with van der Waals surface area (Å²) in [4.78, 5) is 1.90. The molecule has 2 rings (SSSR count). The first-order valence-corrected chi connectivity index (χ1v) is 9.18. The fourth-order valence-corrected chi connectivity index (χ4v) is 2.49. The third kappa shape index (κ3) is 6.54. The van der Waals surface area contributed by atoms with Crippen LogP contribution in [0.2, 0.25) is 0 Å². The number of aliphatic hydroxyl groups excluding tert-OH is 2. The van der Waals surface area contributed by atoms with E-state index in [-0.39, 0.29) is 13.2 Å². The lowest BCUT2D eigenvalue weighted by molar-refractivity contribution is 0.281. The SMILES string of the molecule is CCCCOc1cc(N=Nc2ccc(N(CCO)CCO)cc2)ccc1N. The van der Waals surface area contributed by atoms with Gasteiger partial charge in [0.25, 0.3) is 0 Å². The van der Waals surface area contributed by atoms with E-state index in [1.165, 1.54) is 0 Å². The predicted molar refractivity (Wildman–Crippen MR) is 108 cm³/mol. The van der Waals surface area contributed by atoms with Crippen molar-refractivity contribution in [2.45, 2.75) is 19.8 Å². The first-order chi connectivity index (χ1) is 13.2. The van der Waals surface area contributed by atoms with Crippen molar-refractivity contribution in [1.29, 1.82) is 0 Å². The highest BCUT2D eigenvalue weighted by molar-refractivity contribution is 5.59. The van der Waals surface area contributed by atoms with E-state index in [4.69, 9.17) is 20.7 Å². The molecule has 0 saturated carbocycles.